The maximum Gasteiger partial charge on any atom is 0.246 e. The van der Waals surface area contributed by atoms with Gasteiger partial charge >= 0.3 is 0 Å². The summed E-state index contributed by atoms with van der Waals surface area (Å²) >= 11 is 0.976. The van der Waals surface area contributed by atoms with Crippen LogP contribution in [-0.4, -0.2) is 40.0 Å². The van der Waals surface area contributed by atoms with Gasteiger partial charge in [0, 0.05) is 12.2 Å². The first-order valence-corrected chi connectivity index (χ1v) is 11.3. The van der Waals surface area contributed by atoms with Crippen LogP contribution < -0.4 is 5.32 Å². The van der Waals surface area contributed by atoms with E-state index in [-0.39, 0.29) is 10.8 Å². The van der Waals surface area contributed by atoms with Crippen LogP contribution >= 0.6 is 11.7 Å². The lowest BCUT2D eigenvalue weighted by Crippen LogP contribution is -2.43. The molecular weight excluding hydrogens is 396 g/mol. The summed E-state index contributed by atoms with van der Waals surface area (Å²) in [5.41, 5.74) is 2.69. The number of aryl methyl sites for hydroxylation is 1. The quantitative estimate of drug-likeness (QED) is 0.690. The first-order valence-electron chi connectivity index (χ1n) is 9.13. The Balaban J connectivity index is 1.62. The van der Waals surface area contributed by atoms with Crippen molar-refractivity contribution < 1.29 is 13.2 Å². The Morgan fingerprint density at radius 1 is 1.25 bits per heavy atom. The topological polar surface area (TPSA) is 92.3 Å². The van der Waals surface area contributed by atoms with Crippen LogP contribution in [0.15, 0.2) is 47.4 Å². The highest BCUT2D eigenvalue weighted by molar-refractivity contribution is 7.89. The zero-order chi connectivity index (χ0) is 19.7. The largest absolute Gasteiger partial charge is 0.325 e. The molecule has 2 aromatic carbocycles. The van der Waals surface area contributed by atoms with Gasteiger partial charge in [-0.3, -0.25) is 4.79 Å². The van der Waals surface area contributed by atoms with Crippen LogP contribution in [0.2, 0.25) is 0 Å². The fraction of sp³-hybridized carbons (Fsp3) is 0.316. The van der Waals surface area contributed by atoms with Crippen molar-refractivity contribution in [2.75, 3.05) is 11.9 Å². The smallest absolute Gasteiger partial charge is 0.246 e. The van der Waals surface area contributed by atoms with E-state index in [1.54, 1.807) is 12.1 Å². The van der Waals surface area contributed by atoms with E-state index in [1.807, 2.05) is 31.2 Å². The molecule has 2 heterocycles. The zero-order valence-corrected chi connectivity index (χ0v) is 17.0. The van der Waals surface area contributed by atoms with Gasteiger partial charge in [-0.15, -0.1) is 0 Å². The molecule has 0 aliphatic carbocycles. The normalized spacial score (nSPS) is 17.8. The molecule has 0 saturated carbocycles. The number of sulfonamides is 1. The predicted octanol–water partition coefficient (Wildman–Crippen LogP) is 3.05. The lowest BCUT2D eigenvalue weighted by molar-refractivity contribution is -0.119. The third kappa shape index (κ3) is 3.41. The van der Waals surface area contributed by atoms with Gasteiger partial charge in [0.1, 0.15) is 22.0 Å². The number of carbonyl (C=O) groups excluding carboxylic acids is 1. The summed E-state index contributed by atoms with van der Waals surface area (Å²) in [6, 6.07) is 11.8. The van der Waals surface area contributed by atoms with Crippen LogP contribution in [0.1, 0.15) is 25.3 Å². The molecule has 1 amide bonds. The Hall–Kier alpha value is -2.36. The van der Waals surface area contributed by atoms with Crippen LogP contribution in [0.3, 0.4) is 0 Å². The Kier molecular flexibility index (Phi) is 5.13. The lowest BCUT2D eigenvalue weighted by Gasteiger charge is -2.23. The fourth-order valence-corrected chi connectivity index (χ4v) is 5.91. The van der Waals surface area contributed by atoms with Crippen molar-refractivity contribution in [2.45, 2.75) is 37.1 Å². The van der Waals surface area contributed by atoms with Gasteiger partial charge in [-0.1, -0.05) is 25.1 Å². The second-order valence-electron chi connectivity index (χ2n) is 6.71. The summed E-state index contributed by atoms with van der Waals surface area (Å²) in [5.74, 6) is -0.307. The number of hydrogen-bond donors (Lipinski definition) is 1. The van der Waals surface area contributed by atoms with E-state index in [9.17, 15) is 13.2 Å². The van der Waals surface area contributed by atoms with E-state index in [0.717, 1.165) is 23.7 Å². The van der Waals surface area contributed by atoms with Crippen molar-refractivity contribution in [3.8, 4) is 0 Å². The van der Waals surface area contributed by atoms with E-state index in [2.05, 4.69) is 14.1 Å². The number of nitrogens with zero attached hydrogens (tertiary/aromatic N) is 3. The molecule has 1 fully saturated rings. The van der Waals surface area contributed by atoms with Crippen LogP contribution in [0.5, 0.6) is 0 Å². The zero-order valence-electron chi connectivity index (χ0n) is 15.3. The molecule has 0 radical (unpaired) electrons. The molecule has 3 aromatic rings. The molecule has 7 nitrogen and oxygen atoms in total. The molecule has 1 aromatic heterocycles. The molecule has 1 N–H and O–H groups in total. The summed E-state index contributed by atoms with van der Waals surface area (Å²) in [7, 11) is -3.86. The van der Waals surface area contributed by atoms with E-state index in [1.165, 1.54) is 10.4 Å². The van der Waals surface area contributed by atoms with E-state index < -0.39 is 16.1 Å². The summed E-state index contributed by atoms with van der Waals surface area (Å²) < 4.78 is 36.1. The molecule has 0 spiro atoms. The molecule has 1 saturated heterocycles. The maximum absolute atomic E-state index is 13.3. The molecule has 0 bridgehead atoms. The van der Waals surface area contributed by atoms with Crippen molar-refractivity contribution in [3.05, 3.63) is 48.0 Å². The number of aromatic nitrogens is 2. The molecule has 4 rings (SSSR count). The van der Waals surface area contributed by atoms with Crippen molar-refractivity contribution in [1.82, 2.24) is 13.1 Å². The summed E-state index contributed by atoms with van der Waals surface area (Å²) in [6.07, 6.45) is 1.99. The van der Waals surface area contributed by atoms with E-state index in [4.69, 9.17) is 0 Å². The fourth-order valence-electron chi connectivity index (χ4n) is 3.50. The third-order valence-corrected chi connectivity index (χ3v) is 7.43. The highest BCUT2D eigenvalue weighted by Crippen LogP contribution is 2.30. The van der Waals surface area contributed by atoms with Gasteiger partial charge in [0.25, 0.3) is 0 Å². The first kappa shape index (κ1) is 19.0. The number of anilines is 1. The van der Waals surface area contributed by atoms with Gasteiger partial charge in [0.15, 0.2) is 0 Å². The number of carbonyl (C=O) groups is 1. The van der Waals surface area contributed by atoms with Crippen molar-refractivity contribution in [2.24, 2.45) is 0 Å². The highest BCUT2D eigenvalue weighted by atomic mass is 32.2. The van der Waals surface area contributed by atoms with Crippen LogP contribution in [-0.2, 0) is 21.2 Å². The molecule has 1 atom stereocenters. The summed E-state index contributed by atoms with van der Waals surface area (Å²) in [6.45, 7) is 2.35. The number of fused-ring (bicyclic) bond motifs is 1. The maximum atomic E-state index is 13.3. The Morgan fingerprint density at radius 2 is 2.07 bits per heavy atom. The minimum Gasteiger partial charge on any atom is -0.325 e. The minimum atomic E-state index is -3.86. The van der Waals surface area contributed by atoms with Crippen LogP contribution in [0.4, 0.5) is 5.69 Å². The van der Waals surface area contributed by atoms with Crippen molar-refractivity contribution in [3.63, 3.8) is 0 Å². The van der Waals surface area contributed by atoms with Crippen molar-refractivity contribution >= 4 is 44.4 Å². The van der Waals surface area contributed by atoms with E-state index in [0.29, 0.717) is 36.1 Å². The summed E-state index contributed by atoms with van der Waals surface area (Å²) in [5, 5.41) is 2.87. The predicted molar refractivity (Wildman–Crippen MR) is 109 cm³/mol. The number of rotatable bonds is 5. The van der Waals surface area contributed by atoms with Gasteiger partial charge in [0.2, 0.25) is 15.9 Å². The van der Waals surface area contributed by atoms with Gasteiger partial charge in [-0.05, 0) is 49.1 Å². The number of hydrogen-bond acceptors (Lipinski definition) is 6. The summed E-state index contributed by atoms with van der Waals surface area (Å²) in [4.78, 5) is 13.0. The molecule has 1 aliphatic rings. The minimum absolute atomic E-state index is 0.103. The third-order valence-electron chi connectivity index (χ3n) is 4.94. The SMILES string of the molecule is CCc1cccc(NC(=O)C2CCCN2S(=O)(=O)c2cccc3nsnc23)c1. The van der Waals surface area contributed by atoms with Crippen LogP contribution in [0, 0.1) is 0 Å². The number of nitrogens with one attached hydrogen (secondary N) is 1. The monoisotopic (exact) mass is 416 g/mol. The van der Waals surface area contributed by atoms with Gasteiger partial charge in [-0.2, -0.15) is 13.1 Å². The van der Waals surface area contributed by atoms with E-state index >= 15 is 0 Å². The Labute approximate surface area is 167 Å². The van der Waals surface area contributed by atoms with Crippen molar-refractivity contribution in [1.29, 1.82) is 0 Å². The van der Waals surface area contributed by atoms with Gasteiger partial charge in [-0.25, -0.2) is 8.42 Å². The average Bonchev–Trinajstić information content (AvgIpc) is 3.37. The van der Waals surface area contributed by atoms with Crippen LogP contribution in [0.25, 0.3) is 11.0 Å². The average molecular weight is 417 g/mol. The number of benzene rings is 2. The standard InChI is InChI=1S/C19H20N4O3S2/c1-2-13-6-3-7-14(12-13)20-19(24)16-9-5-11-23(16)28(25,26)17-10-4-8-15-18(17)22-27-21-15/h3-4,6-8,10,12,16H,2,5,9,11H2,1H3,(H,20,24). The Bertz CT molecular complexity index is 1130. The second-order valence-corrected chi connectivity index (χ2v) is 9.09. The molecule has 1 aliphatic heterocycles. The molecule has 9 heteroatoms. The Morgan fingerprint density at radius 3 is 2.89 bits per heavy atom. The van der Waals surface area contributed by atoms with Gasteiger partial charge in [0.05, 0.1) is 11.7 Å². The molecular formula is C19H20N4O3S2. The lowest BCUT2D eigenvalue weighted by atomic mass is 10.1. The molecule has 146 valence electrons. The number of amides is 1. The molecule has 28 heavy (non-hydrogen) atoms. The molecule has 1 unspecified atom stereocenters. The second kappa shape index (κ2) is 7.57. The van der Waals surface area contributed by atoms with Gasteiger partial charge < -0.3 is 5.32 Å². The first-order chi connectivity index (χ1) is 13.5. The highest BCUT2D eigenvalue weighted by Gasteiger charge is 2.40.